The summed E-state index contributed by atoms with van der Waals surface area (Å²) in [4.78, 5) is 21.8. The number of nitrogens with one attached hydrogen (secondary N) is 1. The number of rotatable bonds is 10. The smallest absolute Gasteiger partial charge is 0.247 e. The molecule has 0 bridgehead atoms. The Morgan fingerprint density at radius 2 is 1.74 bits per heavy atom. The van der Waals surface area contributed by atoms with E-state index in [1.807, 2.05) is 30.3 Å². The van der Waals surface area contributed by atoms with Crippen LogP contribution >= 0.6 is 0 Å². The summed E-state index contributed by atoms with van der Waals surface area (Å²) in [6.45, 7) is 10.6. The Morgan fingerprint density at radius 1 is 1.02 bits per heavy atom. The predicted octanol–water partition coefficient (Wildman–Crippen LogP) is 5.24. The van der Waals surface area contributed by atoms with E-state index < -0.39 is 11.6 Å². The number of likely N-dealkylation sites (N-methyl/N-ethyl adjacent to an activating group) is 1. The van der Waals surface area contributed by atoms with Crippen LogP contribution in [-0.2, 0) is 17.8 Å². The zero-order chi connectivity index (χ0) is 29.8. The fourth-order valence-corrected chi connectivity index (χ4v) is 5.33. The lowest BCUT2D eigenvalue weighted by Crippen LogP contribution is -2.46. The van der Waals surface area contributed by atoms with E-state index in [9.17, 15) is 13.6 Å². The number of anilines is 2. The third kappa shape index (κ3) is 5.94. The van der Waals surface area contributed by atoms with Crippen LogP contribution < -0.4 is 19.7 Å². The molecule has 42 heavy (non-hydrogen) atoms. The van der Waals surface area contributed by atoms with Crippen molar-refractivity contribution in [3.05, 3.63) is 89.8 Å². The number of fused-ring (bicyclic) bond motifs is 1. The minimum Gasteiger partial charge on any atom is -0.494 e. The van der Waals surface area contributed by atoms with E-state index in [2.05, 4.69) is 34.7 Å². The second kappa shape index (κ2) is 12.6. The number of hydrogen-bond donors (Lipinski definition) is 1. The first-order chi connectivity index (χ1) is 20.3. The van der Waals surface area contributed by atoms with Crippen molar-refractivity contribution in [3.8, 4) is 11.5 Å². The van der Waals surface area contributed by atoms with Crippen molar-refractivity contribution in [2.24, 2.45) is 0 Å². The number of ether oxygens (including phenoxy) is 2. The molecule has 10 heteroatoms. The van der Waals surface area contributed by atoms with Crippen LogP contribution in [0.5, 0.6) is 11.5 Å². The first-order valence-corrected chi connectivity index (χ1v) is 13.9. The fourth-order valence-electron chi connectivity index (χ4n) is 5.33. The molecule has 1 aliphatic rings. The highest BCUT2D eigenvalue weighted by Gasteiger charge is 2.21. The van der Waals surface area contributed by atoms with Gasteiger partial charge in [0.2, 0.25) is 5.91 Å². The molecule has 1 fully saturated rings. The molecule has 0 atom stereocenters. The van der Waals surface area contributed by atoms with Crippen molar-refractivity contribution in [1.82, 2.24) is 14.5 Å². The topological polar surface area (TPSA) is 71.9 Å². The van der Waals surface area contributed by atoms with Crippen molar-refractivity contribution in [2.75, 3.05) is 57.2 Å². The highest BCUT2D eigenvalue weighted by molar-refractivity contribution is 5.99. The number of piperazine rings is 1. The summed E-state index contributed by atoms with van der Waals surface area (Å²) in [5, 5.41) is 2.96. The molecule has 4 aromatic rings. The predicted molar refractivity (Wildman–Crippen MR) is 161 cm³/mol. The zero-order valence-electron chi connectivity index (χ0n) is 24.1. The standard InChI is InChI=1S/C32H35F2N5O3/c1-5-30(40)36-26-18-23(38-15-13-37(6-2)14-16-38)9-7-21(26)17-22-8-10-27-25(35-22)11-12-39(27)20-24-31(33)28(41-3)19-29(42-4)32(24)34/h5,7-12,18-19H,1,6,13-17,20H2,2-4H3,(H,36,40). The summed E-state index contributed by atoms with van der Waals surface area (Å²) in [6, 6.07) is 12.9. The largest absolute Gasteiger partial charge is 0.494 e. The van der Waals surface area contributed by atoms with Crippen LogP contribution in [0.3, 0.4) is 0 Å². The molecular weight excluding hydrogens is 540 g/mol. The van der Waals surface area contributed by atoms with Gasteiger partial charge in [0.1, 0.15) is 0 Å². The van der Waals surface area contributed by atoms with Gasteiger partial charge in [0.25, 0.3) is 0 Å². The van der Waals surface area contributed by atoms with E-state index in [1.54, 1.807) is 10.8 Å². The summed E-state index contributed by atoms with van der Waals surface area (Å²) in [5.41, 5.74) is 4.73. The molecule has 5 rings (SSSR count). The molecule has 1 amide bonds. The first-order valence-electron chi connectivity index (χ1n) is 13.9. The number of carbonyl (C=O) groups is 1. The Labute approximate surface area is 244 Å². The fraction of sp³-hybridized carbons (Fsp3) is 0.312. The second-order valence-electron chi connectivity index (χ2n) is 10.2. The second-order valence-corrected chi connectivity index (χ2v) is 10.2. The van der Waals surface area contributed by atoms with E-state index in [1.165, 1.54) is 26.4 Å². The SMILES string of the molecule is C=CC(=O)Nc1cc(N2CCN(CC)CC2)ccc1Cc1ccc2c(ccn2Cc2c(F)c(OC)cc(OC)c2F)n1. The molecule has 0 saturated carbocycles. The molecule has 0 radical (unpaired) electrons. The number of pyridine rings is 1. The molecular formula is C32H35F2N5O3. The molecule has 2 aromatic carbocycles. The maximum Gasteiger partial charge on any atom is 0.247 e. The van der Waals surface area contributed by atoms with Crippen molar-refractivity contribution < 1.29 is 23.0 Å². The number of methoxy groups -OCH3 is 2. The lowest BCUT2D eigenvalue weighted by atomic mass is 10.0. The van der Waals surface area contributed by atoms with Crippen LogP contribution in [0.4, 0.5) is 20.2 Å². The normalized spacial score (nSPS) is 13.8. The van der Waals surface area contributed by atoms with Gasteiger partial charge in [-0.05, 0) is 48.5 Å². The van der Waals surface area contributed by atoms with Gasteiger partial charge in [0.05, 0.1) is 37.4 Å². The summed E-state index contributed by atoms with van der Waals surface area (Å²) < 4.78 is 41.9. The first kappa shape index (κ1) is 29.1. The van der Waals surface area contributed by atoms with Gasteiger partial charge in [-0.1, -0.05) is 19.6 Å². The molecule has 1 N–H and O–H groups in total. The molecule has 0 unspecified atom stereocenters. The van der Waals surface area contributed by atoms with Gasteiger partial charge in [-0.15, -0.1) is 0 Å². The van der Waals surface area contributed by atoms with Crippen LogP contribution in [-0.4, -0.2) is 67.3 Å². The van der Waals surface area contributed by atoms with Crippen LogP contribution in [0.2, 0.25) is 0 Å². The van der Waals surface area contributed by atoms with Crippen molar-refractivity contribution in [2.45, 2.75) is 19.9 Å². The molecule has 0 aliphatic carbocycles. The van der Waals surface area contributed by atoms with Crippen LogP contribution in [0, 0.1) is 11.6 Å². The van der Waals surface area contributed by atoms with E-state index in [-0.39, 0.29) is 29.5 Å². The summed E-state index contributed by atoms with van der Waals surface area (Å²) in [5.74, 6) is -2.00. The molecule has 1 saturated heterocycles. The van der Waals surface area contributed by atoms with E-state index >= 15 is 0 Å². The minimum atomic E-state index is -0.771. The van der Waals surface area contributed by atoms with E-state index in [4.69, 9.17) is 14.5 Å². The monoisotopic (exact) mass is 575 g/mol. The van der Waals surface area contributed by atoms with Crippen molar-refractivity contribution in [1.29, 1.82) is 0 Å². The number of carbonyl (C=O) groups excluding carboxylic acids is 1. The number of amides is 1. The number of halogens is 2. The molecule has 2 aromatic heterocycles. The van der Waals surface area contributed by atoms with Gasteiger partial charge in [0.15, 0.2) is 23.1 Å². The van der Waals surface area contributed by atoms with Gasteiger partial charge < -0.3 is 29.2 Å². The Kier molecular flexibility index (Phi) is 8.72. The third-order valence-electron chi connectivity index (χ3n) is 7.77. The Hall–Kier alpha value is -4.44. The van der Waals surface area contributed by atoms with Gasteiger partial charge in [-0.2, -0.15) is 0 Å². The molecule has 3 heterocycles. The summed E-state index contributed by atoms with van der Waals surface area (Å²) >= 11 is 0. The van der Waals surface area contributed by atoms with Crippen LogP contribution in [0.15, 0.2) is 61.3 Å². The van der Waals surface area contributed by atoms with Gasteiger partial charge in [0, 0.05) is 61.9 Å². The maximum absolute atomic E-state index is 15.0. The lowest BCUT2D eigenvalue weighted by molar-refractivity contribution is -0.111. The van der Waals surface area contributed by atoms with Gasteiger partial charge >= 0.3 is 0 Å². The van der Waals surface area contributed by atoms with Gasteiger partial charge in [-0.25, -0.2) is 8.78 Å². The van der Waals surface area contributed by atoms with E-state index in [0.717, 1.165) is 55.2 Å². The summed E-state index contributed by atoms with van der Waals surface area (Å²) in [7, 11) is 2.65. The zero-order valence-corrected chi connectivity index (χ0v) is 24.1. The summed E-state index contributed by atoms with van der Waals surface area (Å²) in [6.07, 6.45) is 3.48. The average Bonchev–Trinajstić information content (AvgIpc) is 3.42. The number of nitrogens with zero attached hydrogens (tertiary/aromatic N) is 4. The van der Waals surface area contributed by atoms with Crippen LogP contribution in [0.1, 0.15) is 23.7 Å². The highest BCUT2D eigenvalue weighted by Crippen LogP contribution is 2.33. The molecule has 1 aliphatic heterocycles. The maximum atomic E-state index is 15.0. The number of aromatic nitrogens is 2. The Morgan fingerprint density at radius 3 is 2.38 bits per heavy atom. The Balaban J connectivity index is 1.40. The van der Waals surface area contributed by atoms with Crippen molar-refractivity contribution >= 4 is 28.3 Å². The number of hydrogen-bond acceptors (Lipinski definition) is 6. The molecule has 8 nitrogen and oxygen atoms in total. The highest BCUT2D eigenvalue weighted by atomic mass is 19.1. The molecule has 0 spiro atoms. The quantitative estimate of drug-likeness (QED) is 0.261. The Bertz CT molecular complexity index is 1580. The average molecular weight is 576 g/mol. The van der Waals surface area contributed by atoms with Gasteiger partial charge in [-0.3, -0.25) is 9.78 Å². The minimum absolute atomic E-state index is 0.0680. The third-order valence-corrected chi connectivity index (χ3v) is 7.77. The molecule has 220 valence electrons. The van der Waals surface area contributed by atoms with E-state index in [0.29, 0.717) is 17.6 Å². The lowest BCUT2D eigenvalue weighted by Gasteiger charge is -2.35. The van der Waals surface area contributed by atoms with Crippen molar-refractivity contribution in [3.63, 3.8) is 0 Å². The van der Waals surface area contributed by atoms with Crippen LogP contribution in [0.25, 0.3) is 11.0 Å². The number of benzene rings is 2.